The van der Waals surface area contributed by atoms with Crippen LogP contribution in [0.25, 0.3) is 0 Å². The average Bonchev–Trinajstić information content (AvgIpc) is 2.71. The van der Waals surface area contributed by atoms with Crippen LogP contribution in [0.1, 0.15) is 17.8 Å². The van der Waals surface area contributed by atoms with Crippen LogP contribution < -0.4 is 5.69 Å². The van der Waals surface area contributed by atoms with Gasteiger partial charge in [0.25, 0.3) is 0 Å². The number of ether oxygens (including phenoxy) is 1. The van der Waals surface area contributed by atoms with E-state index in [9.17, 15) is 4.79 Å². The second kappa shape index (κ2) is 6.16. The maximum Gasteiger partial charge on any atom is 0.343 e. The number of aromatic amines is 1. The maximum absolute atomic E-state index is 11.1. The quantitative estimate of drug-likeness (QED) is 0.782. The van der Waals surface area contributed by atoms with Crippen molar-refractivity contribution < 1.29 is 4.74 Å². The smallest absolute Gasteiger partial charge is 0.343 e. The molecule has 1 aromatic carbocycles. The van der Waals surface area contributed by atoms with Gasteiger partial charge in [0.2, 0.25) is 0 Å². The molecule has 1 N–H and O–H groups in total. The molecule has 18 heavy (non-hydrogen) atoms. The third-order valence-corrected chi connectivity index (χ3v) is 2.77. The fourth-order valence-corrected chi connectivity index (χ4v) is 1.70. The molecule has 0 aliphatic rings. The number of nitrogens with zero attached hydrogens (tertiary/aromatic N) is 2. The first-order valence-electron chi connectivity index (χ1n) is 5.99. The van der Waals surface area contributed by atoms with Gasteiger partial charge in [-0.1, -0.05) is 30.3 Å². The van der Waals surface area contributed by atoms with Gasteiger partial charge in [0.1, 0.15) is 5.82 Å². The highest BCUT2D eigenvalue weighted by Gasteiger charge is 2.03. The SMILES string of the molecule is Cn1c(CCCOCc2ccccc2)n[nH]c1=O. The van der Waals surface area contributed by atoms with Gasteiger partial charge in [-0.05, 0) is 12.0 Å². The average molecular weight is 247 g/mol. The topological polar surface area (TPSA) is 59.9 Å². The molecule has 1 aromatic heterocycles. The molecule has 5 heteroatoms. The lowest BCUT2D eigenvalue weighted by Crippen LogP contribution is -2.14. The minimum absolute atomic E-state index is 0.171. The summed E-state index contributed by atoms with van der Waals surface area (Å²) in [6, 6.07) is 10.1. The van der Waals surface area contributed by atoms with Crippen molar-refractivity contribution in [2.24, 2.45) is 7.05 Å². The van der Waals surface area contributed by atoms with E-state index in [1.165, 1.54) is 10.1 Å². The summed E-state index contributed by atoms with van der Waals surface area (Å²) in [5.41, 5.74) is 1.000. The molecule has 0 spiro atoms. The number of hydrogen-bond acceptors (Lipinski definition) is 3. The minimum Gasteiger partial charge on any atom is -0.377 e. The Kier molecular flexibility index (Phi) is 4.30. The normalized spacial score (nSPS) is 10.7. The zero-order valence-corrected chi connectivity index (χ0v) is 10.4. The lowest BCUT2D eigenvalue weighted by Gasteiger charge is -2.04. The summed E-state index contributed by atoms with van der Waals surface area (Å²) in [5.74, 6) is 0.767. The number of aromatic nitrogens is 3. The highest BCUT2D eigenvalue weighted by Crippen LogP contribution is 2.02. The van der Waals surface area contributed by atoms with Gasteiger partial charge in [0.15, 0.2) is 0 Å². The fraction of sp³-hybridized carbons (Fsp3) is 0.385. The molecule has 0 bridgehead atoms. The molecule has 0 unspecified atom stereocenters. The van der Waals surface area contributed by atoms with Crippen molar-refractivity contribution in [2.75, 3.05) is 6.61 Å². The Bertz CT molecular complexity index is 531. The Balaban J connectivity index is 1.68. The zero-order valence-electron chi connectivity index (χ0n) is 10.4. The predicted molar refractivity (Wildman–Crippen MR) is 68.2 cm³/mol. The van der Waals surface area contributed by atoms with Crippen molar-refractivity contribution in [2.45, 2.75) is 19.4 Å². The molecule has 0 aliphatic heterocycles. The molecule has 0 atom stereocenters. The van der Waals surface area contributed by atoms with E-state index in [0.29, 0.717) is 13.2 Å². The van der Waals surface area contributed by atoms with Crippen molar-refractivity contribution >= 4 is 0 Å². The molecule has 0 radical (unpaired) electrons. The van der Waals surface area contributed by atoms with Crippen LogP contribution in [0.15, 0.2) is 35.1 Å². The van der Waals surface area contributed by atoms with Crippen LogP contribution in [-0.2, 0) is 24.8 Å². The second-order valence-electron chi connectivity index (χ2n) is 4.15. The van der Waals surface area contributed by atoms with Crippen molar-refractivity contribution in [1.82, 2.24) is 14.8 Å². The van der Waals surface area contributed by atoms with E-state index in [0.717, 1.165) is 18.7 Å². The molecule has 2 aromatic rings. The van der Waals surface area contributed by atoms with Crippen molar-refractivity contribution in [3.63, 3.8) is 0 Å². The predicted octanol–water partition coefficient (Wildman–Crippen LogP) is 1.26. The Morgan fingerprint density at radius 2 is 2.11 bits per heavy atom. The van der Waals surface area contributed by atoms with Gasteiger partial charge in [-0.25, -0.2) is 9.89 Å². The molecule has 0 fully saturated rings. The van der Waals surface area contributed by atoms with Gasteiger partial charge in [-0.2, -0.15) is 5.10 Å². The molecule has 96 valence electrons. The first-order chi connectivity index (χ1) is 8.77. The second-order valence-corrected chi connectivity index (χ2v) is 4.15. The van der Waals surface area contributed by atoms with E-state index in [4.69, 9.17) is 4.74 Å². The Labute approximate surface area is 105 Å². The lowest BCUT2D eigenvalue weighted by molar-refractivity contribution is 0.118. The monoisotopic (exact) mass is 247 g/mol. The fourth-order valence-electron chi connectivity index (χ4n) is 1.70. The maximum atomic E-state index is 11.1. The largest absolute Gasteiger partial charge is 0.377 e. The first-order valence-corrected chi connectivity index (χ1v) is 5.99. The number of nitrogens with one attached hydrogen (secondary N) is 1. The first kappa shape index (κ1) is 12.6. The molecule has 0 saturated carbocycles. The standard InChI is InChI=1S/C13H17N3O2/c1-16-12(14-15-13(16)17)8-5-9-18-10-11-6-3-2-4-7-11/h2-4,6-7H,5,8-10H2,1H3,(H,15,17). The van der Waals surface area contributed by atoms with E-state index in [2.05, 4.69) is 10.2 Å². The summed E-state index contributed by atoms with van der Waals surface area (Å²) in [5, 5.41) is 6.36. The molecule has 0 amide bonds. The zero-order chi connectivity index (χ0) is 12.8. The van der Waals surface area contributed by atoms with Crippen molar-refractivity contribution in [3.05, 3.63) is 52.2 Å². The number of rotatable bonds is 6. The molecule has 1 heterocycles. The van der Waals surface area contributed by atoms with Crippen molar-refractivity contribution in [1.29, 1.82) is 0 Å². The minimum atomic E-state index is -0.171. The number of hydrogen-bond donors (Lipinski definition) is 1. The van der Waals surface area contributed by atoms with Crippen LogP contribution >= 0.6 is 0 Å². The van der Waals surface area contributed by atoms with Gasteiger partial charge >= 0.3 is 5.69 Å². The molecule has 5 nitrogen and oxygen atoms in total. The van der Waals surface area contributed by atoms with Crippen LogP contribution in [0.2, 0.25) is 0 Å². The Morgan fingerprint density at radius 3 is 2.78 bits per heavy atom. The molecule has 2 rings (SSSR count). The highest BCUT2D eigenvalue weighted by atomic mass is 16.5. The summed E-state index contributed by atoms with van der Waals surface area (Å²) >= 11 is 0. The molecule has 0 aliphatic carbocycles. The van der Waals surface area contributed by atoms with Crippen LogP contribution in [0.5, 0.6) is 0 Å². The summed E-state index contributed by atoms with van der Waals surface area (Å²) in [4.78, 5) is 11.1. The Morgan fingerprint density at radius 1 is 1.33 bits per heavy atom. The van der Waals surface area contributed by atoms with E-state index >= 15 is 0 Å². The van der Waals surface area contributed by atoms with E-state index in [-0.39, 0.29) is 5.69 Å². The third kappa shape index (κ3) is 3.30. The van der Waals surface area contributed by atoms with E-state index in [1.54, 1.807) is 7.05 Å². The van der Waals surface area contributed by atoms with Crippen molar-refractivity contribution in [3.8, 4) is 0 Å². The summed E-state index contributed by atoms with van der Waals surface area (Å²) in [7, 11) is 1.71. The number of H-pyrrole nitrogens is 1. The van der Waals surface area contributed by atoms with Gasteiger partial charge in [0.05, 0.1) is 6.61 Å². The number of benzene rings is 1. The summed E-state index contributed by atoms with van der Waals surface area (Å²) in [6.07, 6.45) is 1.59. The van der Waals surface area contributed by atoms with Gasteiger partial charge in [0, 0.05) is 20.1 Å². The van der Waals surface area contributed by atoms with Crippen LogP contribution in [0, 0.1) is 0 Å². The number of aryl methyl sites for hydroxylation is 1. The Hall–Kier alpha value is -1.88. The van der Waals surface area contributed by atoms with Crippen LogP contribution in [0.4, 0.5) is 0 Å². The molecule has 0 saturated heterocycles. The van der Waals surface area contributed by atoms with Crippen LogP contribution in [-0.4, -0.2) is 21.4 Å². The lowest BCUT2D eigenvalue weighted by atomic mass is 10.2. The molecular formula is C13H17N3O2. The molecular weight excluding hydrogens is 230 g/mol. The summed E-state index contributed by atoms with van der Waals surface area (Å²) < 4.78 is 7.09. The van der Waals surface area contributed by atoms with Crippen LogP contribution in [0.3, 0.4) is 0 Å². The summed E-state index contributed by atoms with van der Waals surface area (Å²) in [6.45, 7) is 1.29. The van der Waals surface area contributed by atoms with Gasteiger partial charge in [-0.15, -0.1) is 0 Å². The van der Waals surface area contributed by atoms with E-state index in [1.807, 2.05) is 30.3 Å². The van der Waals surface area contributed by atoms with Gasteiger partial charge < -0.3 is 4.74 Å². The highest BCUT2D eigenvalue weighted by molar-refractivity contribution is 5.13. The van der Waals surface area contributed by atoms with Gasteiger partial charge in [-0.3, -0.25) is 4.57 Å². The third-order valence-electron chi connectivity index (χ3n) is 2.77. The van der Waals surface area contributed by atoms with E-state index < -0.39 is 0 Å².